The van der Waals surface area contributed by atoms with Crippen LogP contribution in [0.4, 0.5) is 10.1 Å². The number of hydrogen-bond acceptors (Lipinski definition) is 4. The van der Waals surface area contributed by atoms with Crippen molar-refractivity contribution in [3.63, 3.8) is 0 Å². The standard InChI is InChI=1S/C19H22FN3O3S/c1-22(2)11-5-10-21-19(24)13-23-17-9-8-14(20)12-16(17)15-6-3-4-7-18(15)27(23,25)26/h3-4,6-9,12H,5,10-11,13H2,1-2H3,(H,21,24). The Morgan fingerprint density at radius 2 is 1.89 bits per heavy atom. The molecule has 1 amide bonds. The van der Waals surface area contributed by atoms with E-state index in [4.69, 9.17) is 0 Å². The van der Waals surface area contributed by atoms with Gasteiger partial charge in [-0.05, 0) is 51.3 Å². The number of benzene rings is 2. The van der Waals surface area contributed by atoms with Gasteiger partial charge in [-0.1, -0.05) is 18.2 Å². The molecule has 1 N–H and O–H groups in total. The first-order valence-electron chi connectivity index (χ1n) is 8.64. The molecule has 27 heavy (non-hydrogen) atoms. The Hall–Kier alpha value is -2.45. The van der Waals surface area contributed by atoms with E-state index in [1.165, 1.54) is 24.3 Å². The molecule has 2 aromatic carbocycles. The molecule has 8 heteroatoms. The number of carbonyl (C=O) groups is 1. The summed E-state index contributed by atoms with van der Waals surface area (Å²) in [5.74, 6) is -0.858. The molecule has 0 radical (unpaired) electrons. The Bertz CT molecular complexity index is 960. The highest BCUT2D eigenvalue weighted by molar-refractivity contribution is 7.93. The summed E-state index contributed by atoms with van der Waals surface area (Å²) >= 11 is 0. The first-order valence-corrected chi connectivity index (χ1v) is 10.1. The maximum absolute atomic E-state index is 13.8. The van der Waals surface area contributed by atoms with Crippen molar-refractivity contribution in [1.82, 2.24) is 10.2 Å². The zero-order valence-corrected chi connectivity index (χ0v) is 16.1. The van der Waals surface area contributed by atoms with Gasteiger partial charge >= 0.3 is 0 Å². The predicted octanol–water partition coefficient (Wildman–Crippen LogP) is 2.07. The number of nitrogens with zero attached hydrogens (tertiary/aromatic N) is 2. The van der Waals surface area contributed by atoms with Crippen LogP contribution in [-0.2, 0) is 14.8 Å². The average molecular weight is 391 g/mol. The second kappa shape index (κ2) is 7.66. The van der Waals surface area contributed by atoms with Crippen LogP contribution in [0.2, 0.25) is 0 Å². The van der Waals surface area contributed by atoms with Crippen molar-refractivity contribution >= 4 is 21.6 Å². The van der Waals surface area contributed by atoms with Crippen molar-refractivity contribution in [2.45, 2.75) is 11.3 Å². The summed E-state index contributed by atoms with van der Waals surface area (Å²) in [4.78, 5) is 14.4. The van der Waals surface area contributed by atoms with Crippen LogP contribution in [0.25, 0.3) is 11.1 Å². The van der Waals surface area contributed by atoms with Crippen LogP contribution in [0.3, 0.4) is 0 Å². The minimum absolute atomic E-state index is 0.0727. The van der Waals surface area contributed by atoms with E-state index in [0.29, 0.717) is 23.4 Å². The first-order chi connectivity index (χ1) is 12.8. The minimum atomic E-state index is -3.91. The van der Waals surface area contributed by atoms with Gasteiger partial charge in [-0.3, -0.25) is 9.10 Å². The van der Waals surface area contributed by atoms with Crippen molar-refractivity contribution in [2.24, 2.45) is 0 Å². The monoisotopic (exact) mass is 391 g/mol. The quantitative estimate of drug-likeness (QED) is 0.766. The molecule has 0 aromatic heterocycles. The normalized spacial score (nSPS) is 14.6. The molecule has 144 valence electrons. The van der Waals surface area contributed by atoms with Crippen molar-refractivity contribution in [1.29, 1.82) is 0 Å². The Labute approximate surface area is 158 Å². The Morgan fingerprint density at radius 3 is 2.63 bits per heavy atom. The minimum Gasteiger partial charge on any atom is -0.354 e. The number of sulfonamides is 1. The molecule has 1 heterocycles. The number of amides is 1. The number of halogens is 1. The number of nitrogens with one attached hydrogen (secondary N) is 1. The maximum Gasteiger partial charge on any atom is 0.265 e. The summed E-state index contributed by atoms with van der Waals surface area (Å²) in [5, 5.41) is 2.74. The van der Waals surface area contributed by atoms with Crippen LogP contribution in [0.15, 0.2) is 47.4 Å². The lowest BCUT2D eigenvalue weighted by Gasteiger charge is -2.31. The summed E-state index contributed by atoms with van der Waals surface area (Å²) in [6.45, 7) is 0.923. The molecule has 0 atom stereocenters. The SMILES string of the molecule is CN(C)CCCNC(=O)CN1c2ccc(F)cc2-c2ccccc2S1(=O)=O. The van der Waals surface area contributed by atoms with Gasteiger partial charge in [0.05, 0.1) is 10.6 Å². The van der Waals surface area contributed by atoms with E-state index in [1.807, 2.05) is 19.0 Å². The van der Waals surface area contributed by atoms with E-state index in [1.54, 1.807) is 18.2 Å². The van der Waals surface area contributed by atoms with Gasteiger partial charge in [0.15, 0.2) is 0 Å². The lowest BCUT2D eigenvalue weighted by molar-refractivity contribution is -0.119. The Balaban J connectivity index is 1.89. The highest BCUT2D eigenvalue weighted by atomic mass is 32.2. The number of carbonyl (C=O) groups excluding carboxylic acids is 1. The number of anilines is 1. The van der Waals surface area contributed by atoms with Gasteiger partial charge in [0.2, 0.25) is 5.91 Å². The Kier molecular flexibility index (Phi) is 5.48. The summed E-state index contributed by atoms with van der Waals surface area (Å²) in [6, 6.07) is 10.3. The van der Waals surface area contributed by atoms with Crippen molar-refractivity contribution in [2.75, 3.05) is 38.0 Å². The van der Waals surface area contributed by atoms with Crippen LogP contribution in [-0.4, -0.2) is 53.0 Å². The second-order valence-corrected chi connectivity index (χ2v) is 8.51. The van der Waals surface area contributed by atoms with E-state index in [-0.39, 0.29) is 11.4 Å². The van der Waals surface area contributed by atoms with E-state index in [0.717, 1.165) is 17.3 Å². The molecule has 0 fully saturated rings. The zero-order chi connectivity index (χ0) is 19.6. The van der Waals surface area contributed by atoms with Crippen LogP contribution >= 0.6 is 0 Å². The molecule has 0 saturated carbocycles. The zero-order valence-electron chi connectivity index (χ0n) is 15.3. The van der Waals surface area contributed by atoms with Crippen molar-refractivity contribution in [3.8, 4) is 11.1 Å². The fraction of sp³-hybridized carbons (Fsp3) is 0.316. The summed E-state index contributed by atoms with van der Waals surface area (Å²) < 4.78 is 40.9. The van der Waals surface area contributed by atoms with Crippen LogP contribution in [0.5, 0.6) is 0 Å². The largest absolute Gasteiger partial charge is 0.354 e. The van der Waals surface area contributed by atoms with E-state index in [9.17, 15) is 17.6 Å². The molecular formula is C19H22FN3O3S. The maximum atomic E-state index is 13.8. The molecule has 0 unspecified atom stereocenters. The van der Waals surface area contributed by atoms with Gasteiger partial charge in [-0.25, -0.2) is 12.8 Å². The lowest BCUT2D eigenvalue weighted by Crippen LogP contribution is -2.43. The molecular weight excluding hydrogens is 369 g/mol. The van der Waals surface area contributed by atoms with Gasteiger partial charge in [-0.15, -0.1) is 0 Å². The van der Waals surface area contributed by atoms with E-state index < -0.39 is 21.7 Å². The smallest absolute Gasteiger partial charge is 0.265 e. The van der Waals surface area contributed by atoms with Gasteiger partial charge in [-0.2, -0.15) is 0 Å². The highest BCUT2D eigenvalue weighted by Gasteiger charge is 2.35. The number of hydrogen-bond donors (Lipinski definition) is 1. The lowest BCUT2D eigenvalue weighted by atomic mass is 10.0. The summed E-state index contributed by atoms with van der Waals surface area (Å²) in [5.41, 5.74) is 1.20. The van der Waals surface area contributed by atoms with Gasteiger partial charge in [0, 0.05) is 17.7 Å². The summed E-state index contributed by atoms with van der Waals surface area (Å²) in [6.07, 6.45) is 0.760. The third-order valence-electron chi connectivity index (χ3n) is 4.36. The molecule has 2 aromatic rings. The van der Waals surface area contributed by atoms with Gasteiger partial charge in [0.25, 0.3) is 10.0 Å². The first kappa shape index (κ1) is 19.3. The predicted molar refractivity (Wildman–Crippen MR) is 103 cm³/mol. The topological polar surface area (TPSA) is 69.7 Å². The third kappa shape index (κ3) is 3.96. The van der Waals surface area contributed by atoms with E-state index >= 15 is 0 Å². The van der Waals surface area contributed by atoms with Gasteiger partial charge < -0.3 is 10.2 Å². The van der Waals surface area contributed by atoms with Crippen molar-refractivity contribution in [3.05, 3.63) is 48.3 Å². The van der Waals surface area contributed by atoms with Crippen molar-refractivity contribution < 1.29 is 17.6 Å². The van der Waals surface area contributed by atoms with E-state index in [2.05, 4.69) is 5.32 Å². The fourth-order valence-corrected chi connectivity index (χ4v) is 4.73. The highest BCUT2D eigenvalue weighted by Crippen LogP contribution is 2.42. The molecule has 0 bridgehead atoms. The second-order valence-electron chi connectivity index (χ2n) is 6.68. The average Bonchev–Trinajstić information content (AvgIpc) is 2.62. The third-order valence-corrected chi connectivity index (χ3v) is 6.18. The summed E-state index contributed by atoms with van der Waals surface area (Å²) in [7, 11) is -0.0262. The molecule has 1 aliphatic heterocycles. The van der Waals surface area contributed by atoms with Crippen LogP contribution in [0.1, 0.15) is 6.42 Å². The molecule has 6 nitrogen and oxygen atoms in total. The van der Waals surface area contributed by atoms with Crippen LogP contribution < -0.4 is 9.62 Å². The molecule has 1 aliphatic rings. The molecule has 0 saturated heterocycles. The molecule has 0 aliphatic carbocycles. The van der Waals surface area contributed by atoms with Gasteiger partial charge in [0.1, 0.15) is 12.4 Å². The number of fused-ring (bicyclic) bond motifs is 3. The van der Waals surface area contributed by atoms with Crippen LogP contribution in [0, 0.1) is 5.82 Å². The molecule has 0 spiro atoms. The molecule has 3 rings (SSSR count). The number of rotatable bonds is 6. The Morgan fingerprint density at radius 1 is 1.15 bits per heavy atom. The fourth-order valence-electron chi connectivity index (χ4n) is 3.08.